The predicted molar refractivity (Wildman–Crippen MR) is 72.8 cm³/mol. The molecule has 0 atom stereocenters. The molecule has 1 aromatic rings. The smallest absolute Gasteiger partial charge is 0.329 e. The first-order valence-electron chi connectivity index (χ1n) is 6.61. The highest BCUT2D eigenvalue weighted by molar-refractivity contribution is 5.92. The van der Waals surface area contributed by atoms with Crippen LogP contribution >= 0.6 is 0 Å². The topological polar surface area (TPSA) is 93.5 Å². The lowest BCUT2D eigenvalue weighted by atomic mass is 10.1. The number of amides is 1. The highest BCUT2D eigenvalue weighted by Gasteiger charge is 2.15. The van der Waals surface area contributed by atoms with Gasteiger partial charge in [0.2, 0.25) is 0 Å². The molecule has 1 aromatic heterocycles. The van der Waals surface area contributed by atoms with Crippen molar-refractivity contribution in [3.63, 3.8) is 0 Å². The van der Waals surface area contributed by atoms with Crippen LogP contribution in [0, 0.1) is 0 Å². The number of aliphatic carboxylic acids is 1. The zero-order valence-corrected chi connectivity index (χ0v) is 12.0. The van der Waals surface area contributed by atoms with Gasteiger partial charge in [0.05, 0.1) is 12.3 Å². The maximum atomic E-state index is 12.0. The van der Waals surface area contributed by atoms with Gasteiger partial charge in [-0.1, -0.05) is 13.8 Å². The molecule has 20 heavy (non-hydrogen) atoms. The molecule has 0 fully saturated rings. The minimum absolute atomic E-state index is 0.162. The molecule has 1 heterocycles. The molecule has 0 unspecified atom stereocenters. The summed E-state index contributed by atoms with van der Waals surface area (Å²) in [6.45, 7) is 6.63. The molecular formula is C13H21N3O4. The van der Waals surface area contributed by atoms with Crippen molar-refractivity contribution >= 4 is 11.9 Å². The average Bonchev–Trinajstić information content (AvgIpc) is 2.82. The fourth-order valence-corrected chi connectivity index (χ4v) is 1.63. The van der Waals surface area contributed by atoms with Gasteiger partial charge in [0.15, 0.2) is 0 Å². The molecule has 0 aliphatic carbocycles. The molecule has 0 radical (unpaired) electrons. The van der Waals surface area contributed by atoms with E-state index in [2.05, 4.69) is 10.4 Å². The van der Waals surface area contributed by atoms with Crippen LogP contribution in [0.15, 0.2) is 6.07 Å². The van der Waals surface area contributed by atoms with Gasteiger partial charge in [-0.05, 0) is 18.9 Å². The van der Waals surface area contributed by atoms with Crippen LogP contribution in [-0.4, -0.2) is 46.5 Å². The van der Waals surface area contributed by atoms with Gasteiger partial charge in [0.1, 0.15) is 12.3 Å². The number of ether oxygens (including phenoxy) is 1. The lowest BCUT2D eigenvalue weighted by molar-refractivity contribution is -0.142. The Bertz CT molecular complexity index is 468. The zero-order valence-electron chi connectivity index (χ0n) is 12.0. The Labute approximate surface area is 117 Å². The Kier molecular flexibility index (Phi) is 6.17. The van der Waals surface area contributed by atoms with E-state index in [1.165, 1.54) is 0 Å². The van der Waals surface area contributed by atoms with E-state index in [9.17, 15) is 9.59 Å². The van der Waals surface area contributed by atoms with Gasteiger partial charge in [0, 0.05) is 13.1 Å². The number of nitrogens with zero attached hydrogens (tertiary/aromatic N) is 2. The van der Waals surface area contributed by atoms with Crippen molar-refractivity contribution in [1.82, 2.24) is 15.1 Å². The van der Waals surface area contributed by atoms with E-state index in [0.717, 1.165) is 5.69 Å². The number of carboxylic acid groups (broad SMARTS) is 1. The number of carbonyl (C=O) groups excluding carboxylic acids is 1. The summed E-state index contributed by atoms with van der Waals surface area (Å²) in [7, 11) is 0. The van der Waals surface area contributed by atoms with Crippen LogP contribution in [0.3, 0.4) is 0 Å². The first-order chi connectivity index (χ1) is 9.45. The highest BCUT2D eigenvalue weighted by Crippen LogP contribution is 2.14. The normalized spacial score (nSPS) is 10.8. The van der Waals surface area contributed by atoms with Crippen molar-refractivity contribution in [3.05, 3.63) is 17.5 Å². The van der Waals surface area contributed by atoms with Gasteiger partial charge < -0.3 is 15.2 Å². The third kappa shape index (κ3) is 4.65. The highest BCUT2D eigenvalue weighted by atomic mass is 16.5. The fraction of sp³-hybridized carbons (Fsp3) is 0.615. The monoisotopic (exact) mass is 283 g/mol. The predicted octanol–water partition coefficient (Wildman–Crippen LogP) is 0.857. The molecule has 0 bridgehead atoms. The van der Waals surface area contributed by atoms with Crippen molar-refractivity contribution in [2.45, 2.75) is 33.2 Å². The molecule has 0 aromatic carbocycles. The van der Waals surface area contributed by atoms with Crippen molar-refractivity contribution in [3.8, 4) is 0 Å². The lowest BCUT2D eigenvalue weighted by Gasteiger charge is -2.06. The van der Waals surface area contributed by atoms with Crippen molar-refractivity contribution < 1.29 is 19.4 Å². The van der Waals surface area contributed by atoms with Crippen LogP contribution in [0.2, 0.25) is 0 Å². The number of aryl methyl sites for hydroxylation is 1. The number of carboxylic acids is 1. The summed E-state index contributed by atoms with van der Waals surface area (Å²) in [5.74, 6) is -1.000. The summed E-state index contributed by atoms with van der Waals surface area (Å²) in [4.78, 5) is 22.3. The van der Waals surface area contributed by atoms with E-state index in [1.807, 2.05) is 20.8 Å². The van der Waals surface area contributed by atoms with E-state index in [1.54, 1.807) is 10.7 Å². The quantitative estimate of drug-likeness (QED) is 0.690. The minimum atomic E-state index is -1.03. The molecule has 0 saturated heterocycles. The average molecular weight is 283 g/mol. The largest absolute Gasteiger partial charge is 0.480 e. The third-order valence-corrected chi connectivity index (χ3v) is 2.68. The number of hydrogen-bond donors (Lipinski definition) is 2. The van der Waals surface area contributed by atoms with Gasteiger partial charge in [-0.15, -0.1) is 0 Å². The molecule has 0 saturated carbocycles. The second-order valence-corrected chi connectivity index (χ2v) is 4.63. The summed E-state index contributed by atoms with van der Waals surface area (Å²) < 4.78 is 6.50. The minimum Gasteiger partial charge on any atom is -0.480 e. The van der Waals surface area contributed by atoms with Crippen LogP contribution in [0.1, 0.15) is 42.9 Å². The molecule has 7 heteroatoms. The maximum absolute atomic E-state index is 12.0. The van der Waals surface area contributed by atoms with E-state index >= 15 is 0 Å². The van der Waals surface area contributed by atoms with E-state index < -0.39 is 5.97 Å². The number of carbonyl (C=O) groups is 2. The zero-order chi connectivity index (χ0) is 15.1. The summed E-state index contributed by atoms with van der Waals surface area (Å²) in [5, 5.41) is 15.4. The number of aromatic nitrogens is 2. The Hall–Kier alpha value is -1.89. The van der Waals surface area contributed by atoms with Gasteiger partial charge in [-0.3, -0.25) is 9.48 Å². The third-order valence-electron chi connectivity index (χ3n) is 2.68. The second-order valence-electron chi connectivity index (χ2n) is 4.63. The summed E-state index contributed by atoms with van der Waals surface area (Å²) >= 11 is 0. The van der Waals surface area contributed by atoms with Gasteiger partial charge in [0.25, 0.3) is 5.91 Å². The number of nitrogens with one attached hydrogen (secondary N) is 1. The van der Waals surface area contributed by atoms with Crippen LogP contribution in [0.25, 0.3) is 0 Å². The molecule has 0 aliphatic heterocycles. The molecule has 0 aliphatic rings. The second kappa shape index (κ2) is 7.64. The van der Waals surface area contributed by atoms with Gasteiger partial charge >= 0.3 is 5.97 Å². The van der Waals surface area contributed by atoms with E-state index in [0.29, 0.717) is 12.2 Å². The van der Waals surface area contributed by atoms with E-state index in [-0.39, 0.29) is 31.6 Å². The van der Waals surface area contributed by atoms with Gasteiger partial charge in [-0.2, -0.15) is 5.10 Å². The van der Waals surface area contributed by atoms with Crippen LogP contribution in [0.5, 0.6) is 0 Å². The van der Waals surface area contributed by atoms with Crippen molar-refractivity contribution in [1.29, 1.82) is 0 Å². The Morgan fingerprint density at radius 1 is 1.50 bits per heavy atom. The standard InChI is InChI=1S/C13H21N3O4/c1-4-16-11(7-10(15-16)9(2)3)13(19)14-5-6-20-8-12(17)18/h7,9H,4-6,8H2,1-3H3,(H,14,19)(H,17,18). The van der Waals surface area contributed by atoms with Crippen LogP contribution in [-0.2, 0) is 16.1 Å². The van der Waals surface area contributed by atoms with Crippen molar-refractivity contribution in [2.24, 2.45) is 0 Å². The van der Waals surface area contributed by atoms with Crippen LogP contribution in [0.4, 0.5) is 0 Å². The first-order valence-corrected chi connectivity index (χ1v) is 6.61. The Balaban J connectivity index is 2.52. The van der Waals surface area contributed by atoms with Gasteiger partial charge in [-0.25, -0.2) is 4.79 Å². The Morgan fingerprint density at radius 3 is 2.75 bits per heavy atom. The molecule has 7 nitrogen and oxygen atoms in total. The van der Waals surface area contributed by atoms with Crippen LogP contribution < -0.4 is 5.32 Å². The molecule has 0 spiro atoms. The number of hydrogen-bond acceptors (Lipinski definition) is 4. The van der Waals surface area contributed by atoms with E-state index in [4.69, 9.17) is 9.84 Å². The molecule has 112 valence electrons. The summed E-state index contributed by atoms with van der Waals surface area (Å²) in [6, 6.07) is 1.78. The molecule has 2 N–H and O–H groups in total. The lowest BCUT2D eigenvalue weighted by Crippen LogP contribution is -2.29. The summed E-state index contributed by atoms with van der Waals surface area (Å²) in [5.41, 5.74) is 1.38. The Morgan fingerprint density at radius 2 is 2.20 bits per heavy atom. The molecule has 1 amide bonds. The molecular weight excluding hydrogens is 262 g/mol. The van der Waals surface area contributed by atoms with Crippen molar-refractivity contribution in [2.75, 3.05) is 19.8 Å². The fourth-order valence-electron chi connectivity index (χ4n) is 1.63. The SMILES string of the molecule is CCn1nc(C(C)C)cc1C(=O)NCCOCC(=O)O. The molecule has 1 rings (SSSR count). The number of rotatable bonds is 8. The summed E-state index contributed by atoms with van der Waals surface area (Å²) in [6.07, 6.45) is 0. The first kappa shape index (κ1) is 16.2. The maximum Gasteiger partial charge on any atom is 0.329 e.